The first-order chi connectivity index (χ1) is 14.8. The molecule has 0 saturated heterocycles. The van der Waals surface area contributed by atoms with Gasteiger partial charge in [-0.1, -0.05) is 0 Å². The molecule has 7 nitrogen and oxygen atoms in total. The molecule has 0 unspecified atom stereocenters. The number of carbonyl (C=O) groups excluding carboxylic acids is 2. The predicted octanol–water partition coefficient (Wildman–Crippen LogP) is 2.86. The molecule has 1 aliphatic carbocycles. The second kappa shape index (κ2) is 8.17. The van der Waals surface area contributed by atoms with Crippen molar-refractivity contribution in [2.75, 3.05) is 41.3 Å². The van der Waals surface area contributed by atoms with Crippen LogP contribution < -0.4 is 0 Å². The number of ketones is 2. The Labute approximate surface area is 181 Å². The molecule has 0 bridgehead atoms. The van der Waals surface area contributed by atoms with Gasteiger partial charge in [-0.3, -0.25) is 9.59 Å². The van der Waals surface area contributed by atoms with Crippen molar-refractivity contribution in [1.29, 1.82) is 0 Å². The predicted molar refractivity (Wildman–Crippen MR) is 123 cm³/mol. The first-order valence-corrected chi connectivity index (χ1v) is 10.4. The van der Waals surface area contributed by atoms with Gasteiger partial charge in [0, 0.05) is 35.8 Å². The molecule has 0 fully saturated rings. The van der Waals surface area contributed by atoms with Gasteiger partial charge in [-0.25, -0.2) is 0 Å². The average molecular weight is 421 g/mol. The lowest BCUT2D eigenvalue weighted by Gasteiger charge is -2.14. The van der Waals surface area contributed by atoms with Crippen LogP contribution in [0.3, 0.4) is 0 Å². The van der Waals surface area contributed by atoms with Crippen molar-refractivity contribution in [2.24, 2.45) is 0 Å². The fourth-order valence-electron chi connectivity index (χ4n) is 4.13. The summed E-state index contributed by atoms with van der Waals surface area (Å²) in [7, 11) is 7.97. The smallest absolute Gasteiger partial charge is 0.235 e. The number of phenolic OH excluding ortho intramolecular Hbond substituents is 1. The van der Waals surface area contributed by atoms with E-state index in [1.165, 1.54) is 6.08 Å². The van der Waals surface area contributed by atoms with Crippen LogP contribution in [0.5, 0.6) is 5.75 Å². The van der Waals surface area contributed by atoms with Gasteiger partial charge in [0.15, 0.2) is 0 Å². The fourth-order valence-corrected chi connectivity index (χ4v) is 4.13. The molecule has 0 spiro atoms. The van der Waals surface area contributed by atoms with Crippen molar-refractivity contribution >= 4 is 28.5 Å². The molecule has 0 saturated carbocycles. The van der Waals surface area contributed by atoms with Gasteiger partial charge >= 0.3 is 0 Å². The number of likely N-dealkylation sites (N-methyl/N-ethyl adjacent to an activating group) is 2. The van der Waals surface area contributed by atoms with Gasteiger partial charge in [0.2, 0.25) is 11.6 Å². The van der Waals surface area contributed by atoms with Crippen LogP contribution in [-0.4, -0.2) is 77.7 Å². The maximum atomic E-state index is 12.7. The van der Waals surface area contributed by atoms with E-state index in [0.29, 0.717) is 35.5 Å². The first-order valence-electron chi connectivity index (χ1n) is 10.4. The maximum absolute atomic E-state index is 12.7. The first kappa shape index (κ1) is 21.1. The van der Waals surface area contributed by atoms with Gasteiger partial charge in [0.1, 0.15) is 5.75 Å². The van der Waals surface area contributed by atoms with E-state index in [0.717, 1.165) is 35.0 Å². The van der Waals surface area contributed by atoms with E-state index in [1.54, 1.807) is 6.08 Å². The number of fused-ring (bicyclic) bond motifs is 2. The van der Waals surface area contributed by atoms with Gasteiger partial charge in [-0.15, -0.1) is 0 Å². The SMILES string of the molecule is CN(C)CCc1c(-c2ccc3[nH]cc(CCN(C)C)c3c2O)[nH]c2c1C(=O)C(=O)C=C2. The molecule has 3 aromatic rings. The number of rotatable bonds is 7. The maximum Gasteiger partial charge on any atom is 0.235 e. The fraction of sp³-hybridized carbons (Fsp3) is 0.333. The summed E-state index contributed by atoms with van der Waals surface area (Å²) in [6.07, 6.45) is 6.27. The normalized spacial score (nSPS) is 13.7. The van der Waals surface area contributed by atoms with E-state index in [2.05, 4.69) is 14.9 Å². The molecule has 7 heteroatoms. The number of benzene rings is 1. The number of hydrogen-bond acceptors (Lipinski definition) is 5. The van der Waals surface area contributed by atoms with Gasteiger partial charge in [0.25, 0.3) is 0 Å². The molecule has 0 radical (unpaired) electrons. The molecule has 162 valence electrons. The number of Topliss-reactive ketones (excluding diaryl/α,β-unsaturated/α-hetero) is 1. The quantitative estimate of drug-likeness (QED) is 0.511. The third-order valence-corrected chi connectivity index (χ3v) is 5.79. The molecule has 2 heterocycles. The van der Waals surface area contributed by atoms with Crippen LogP contribution in [0.2, 0.25) is 0 Å². The molecule has 0 atom stereocenters. The van der Waals surface area contributed by atoms with Crippen molar-refractivity contribution in [1.82, 2.24) is 19.8 Å². The Morgan fingerprint density at radius 3 is 2.39 bits per heavy atom. The molecule has 1 aliphatic rings. The number of allylic oxidation sites excluding steroid dienone is 1. The van der Waals surface area contributed by atoms with E-state index in [9.17, 15) is 14.7 Å². The zero-order chi connectivity index (χ0) is 22.3. The molecule has 31 heavy (non-hydrogen) atoms. The minimum Gasteiger partial charge on any atom is -0.507 e. The topological polar surface area (TPSA) is 92.4 Å². The summed E-state index contributed by atoms with van der Waals surface area (Å²) in [5, 5.41) is 12.1. The number of aromatic hydroxyl groups is 1. The van der Waals surface area contributed by atoms with Crippen LogP contribution in [0.25, 0.3) is 28.2 Å². The Morgan fingerprint density at radius 1 is 0.968 bits per heavy atom. The summed E-state index contributed by atoms with van der Waals surface area (Å²) >= 11 is 0. The van der Waals surface area contributed by atoms with Gasteiger partial charge < -0.3 is 24.9 Å². The highest BCUT2D eigenvalue weighted by molar-refractivity contribution is 6.50. The highest BCUT2D eigenvalue weighted by Crippen LogP contribution is 2.41. The van der Waals surface area contributed by atoms with Gasteiger partial charge in [-0.2, -0.15) is 0 Å². The van der Waals surface area contributed by atoms with Crippen molar-refractivity contribution in [3.63, 3.8) is 0 Å². The second-order valence-electron chi connectivity index (χ2n) is 8.60. The Hall–Kier alpha value is -3.16. The summed E-state index contributed by atoms with van der Waals surface area (Å²) in [5.41, 5.74) is 5.05. The molecule has 1 aromatic carbocycles. The van der Waals surface area contributed by atoms with Gasteiger partial charge in [-0.05, 0) is 76.4 Å². The average Bonchev–Trinajstić information content (AvgIpc) is 3.30. The van der Waals surface area contributed by atoms with E-state index in [1.807, 2.05) is 51.4 Å². The molecule has 2 aromatic heterocycles. The van der Waals surface area contributed by atoms with Crippen LogP contribution in [-0.2, 0) is 17.6 Å². The van der Waals surface area contributed by atoms with Crippen LogP contribution >= 0.6 is 0 Å². The lowest BCUT2D eigenvalue weighted by molar-refractivity contribution is -0.110. The van der Waals surface area contributed by atoms with Crippen LogP contribution in [0.4, 0.5) is 0 Å². The number of aromatic nitrogens is 2. The van der Waals surface area contributed by atoms with Crippen molar-refractivity contribution in [2.45, 2.75) is 12.8 Å². The summed E-state index contributed by atoms with van der Waals surface area (Å²) in [6.45, 7) is 1.58. The number of carbonyl (C=O) groups is 2. The monoisotopic (exact) mass is 420 g/mol. The number of phenols is 1. The Bertz CT molecular complexity index is 1200. The van der Waals surface area contributed by atoms with E-state index < -0.39 is 11.6 Å². The summed E-state index contributed by atoms with van der Waals surface area (Å²) in [4.78, 5) is 35.4. The zero-order valence-corrected chi connectivity index (χ0v) is 18.4. The number of H-pyrrole nitrogens is 2. The van der Waals surface area contributed by atoms with Crippen LogP contribution in [0.15, 0.2) is 24.4 Å². The van der Waals surface area contributed by atoms with Crippen molar-refractivity contribution in [3.05, 3.63) is 46.8 Å². The van der Waals surface area contributed by atoms with Crippen LogP contribution in [0.1, 0.15) is 27.2 Å². The van der Waals surface area contributed by atoms with E-state index in [-0.39, 0.29) is 5.75 Å². The zero-order valence-electron chi connectivity index (χ0n) is 18.4. The summed E-state index contributed by atoms with van der Waals surface area (Å²) in [6, 6.07) is 3.80. The molecular formula is C24H28N4O3. The molecule has 4 rings (SSSR count). The Morgan fingerprint density at radius 2 is 1.68 bits per heavy atom. The minimum absolute atomic E-state index is 0.181. The van der Waals surface area contributed by atoms with E-state index in [4.69, 9.17) is 0 Å². The second-order valence-corrected chi connectivity index (χ2v) is 8.60. The highest BCUT2D eigenvalue weighted by atomic mass is 16.3. The molecular weight excluding hydrogens is 392 g/mol. The third kappa shape index (κ3) is 3.82. The molecule has 0 amide bonds. The van der Waals surface area contributed by atoms with Crippen molar-refractivity contribution in [3.8, 4) is 17.0 Å². The lowest BCUT2D eigenvalue weighted by Crippen LogP contribution is -2.20. The highest BCUT2D eigenvalue weighted by Gasteiger charge is 2.30. The minimum atomic E-state index is -0.513. The standard InChI is InChI=1S/C24H28N4O3/c1-27(2)11-9-14-13-25-17-6-5-16(23(30)20(14)17)22-15(10-12-28(3)4)21-18(26-22)7-8-19(29)24(21)31/h5-8,13,25-26,30H,9-12H2,1-4H3. The molecule has 0 aliphatic heterocycles. The Balaban J connectivity index is 1.87. The van der Waals surface area contributed by atoms with E-state index >= 15 is 0 Å². The number of hydrogen-bond donors (Lipinski definition) is 3. The number of aromatic amines is 2. The number of nitrogens with zero attached hydrogens (tertiary/aromatic N) is 2. The van der Waals surface area contributed by atoms with Crippen molar-refractivity contribution < 1.29 is 14.7 Å². The summed E-state index contributed by atoms with van der Waals surface area (Å²) < 4.78 is 0. The molecule has 3 N–H and O–H groups in total. The lowest BCUT2D eigenvalue weighted by atomic mass is 9.93. The largest absolute Gasteiger partial charge is 0.507 e. The number of nitrogens with one attached hydrogen (secondary N) is 2. The van der Waals surface area contributed by atoms with Crippen LogP contribution in [0, 0.1) is 0 Å². The summed E-state index contributed by atoms with van der Waals surface area (Å²) in [5.74, 6) is -0.831. The van der Waals surface area contributed by atoms with Gasteiger partial charge in [0.05, 0.1) is 17.0 Å². The Kier molecular flexibility index (Phi) is 5.56. The third-order valence-electron chi connectivity index (χ3n) is 5.79.